The van der Waals surface area contributed by atoms with E-state index in [1.807, 2.05) is 25.1 Å². The summed E-state index contributed by atoms with van der Waals surface area (Å²) in [6.07, 6.45) is 1.61. The van der Waals surface area contributed by atoms with E-state index in [1.165, 1.54) is 7.11 Å². The number of ether oxygens (including phenoxy) is 2. The van der Waals surface area contributed by atoms with Gasteiger partial charge in [0.2, 0.25) is 5.95 Å². The summed E-state index contributed by atoms with van der Waals surface area (Å²) in [5.74, 6) is 1.12. The summed E-state index contributed by atoms with van der Waals surface area (Å²) in [6, 6.07) is 12.3. The maximum absolute atomic E-state index is 11.7. The van der Waals surface area contributed by atoms with Crippen molar-refractivity contribution in [3.63, 3.8) is 0 Å². The zero-order valence-electron chi connectivity index (χ0n) is 15.6. The van der Waals surface area contributed by atoms with Gasteiger partial charge in [-0.1, -0.05) is 17.7 Å². The molecule has 3 aromatic rings. The topological polar surface area (TPSA) is 85.4 Å². The van der Waals surface area contributed by atoms with Crippen LogP contribution >= 0.6 is 11.6 Å². The third-order valence-corrected chi connectivity index (χ3v) is 4.24. The average Bonchev–Trinajstić information content (AvgIpc) is 2.69. The van der Waals surface area contributed by atoms with Crippen molar-refractivity contribution in [2.45, 2.75) is 6.92 Å². The number of esters is 1. The third-order valence-electron chi connectivity index (χ3n) is 3.91. The Balaban J connectivity index is 1.85. The Kier molecular flexibility index (Phi) is 5.96. The Bertz CT molecular complexity index is 1010. The minimum absolute atomic E-state index is 0.381. The van der Waals surface area contributed by atoms with E-state index in [0.717, 1.165) is 11.3 Å². The van der Waals surface area contributed by atoms with Gasteiger partial charge in [-0.25, -0.2) is 9.78 Å². The summed E-state index contributed by atoms with van der Waals surface area (Å²) >= 11 is 6.23. The van der Waals surface area contributed by atoms with Crippen molar-refractivity contribution in [2.75, 3.05) is 24.9 Å². The quantitative estimate of drug-likeness (QED) is 0.581. The lowest BCUT2D eigenvalue weighted by Gasteiger charge is -2.13. The first-order valence-corrected chi connectivity index (χ1v) is 8.77. The summed E-state index contributed by atoms with van der Waals surface area (Å²) in [5, 5.41) is 6.69. The Morgan fingerprint density at radius 1 is 1.04 bits per heavy atom. The van der Waals surface area contributed by atoms with Crippen molar-refractivity contribution in [2.24, 2.45) is 0 Å². The van der Waals surface area contributed by atoms with Crippen LogP contribution in [0.4, 0.5) is 23.1 Å². The van der Waals surface area contributed by atoms with Crippen LogP contribution in [0.25, 0.3) is 0 Å². The fraction of sp³-hybridized carbons (Fsp3) is 0.150. The number of aromatic nitrogens is 2. The number of benzene rings is 2. The fourth-order valence-electron chi connectivity index (χ4n) is 2.53. The molecule has 8 heteroatoms. The molecule has 0 unspecified atom stereocenters. The predicted octanol–water partition coefficient (Wildman–Crippen LogP) is 4.72. The monoisotopic (exact) mass is 398 g/mol. The number of nitrogens with one attached hydrogen (secondary N) is 2. The van der Waals surface area contributed by atoms with E-state index in [0.29, 0.717) is 33.8 Å². The molecule has 0 fully saturated rings. The largest absolute Gasteiger partial charge is 0.495 e. The second-order valence-electron chi connectivity index (χ2n) is 5.91. The molecular weight excluding hydrogens is 380 g/mol. The minimum Gasteiger partial charge on any atom is -0.495 e. The van der Waals surface area contributed by atoms with Gasteiger partial charge in [-0.3, -0.25) is 0 Å². The van der Waals surface area contributed by atoms with Crippen LogP contribution in [0.3, 0.4) is 0 Å². The molecule has 1 aromatic heterocycles. The smallest absolute Gasteiger partial charge is 0.337 e. The number of rotatable bonds is 6. The Hall–Kier alpha value is -3.32. The highest BCUT2D eigenvalue weighted by molar-refractivity contribution is 6.33. The van der Waals surface area contributed by atoms with Crippen molar-refractivity contribution in [3.05, 3.63) is 64.8 Å². The SMILES string of the molecule is COC(=O)c1ccc(Cl)c(Nc2ccnc(Nc3cc(C)ccc3OC)n2)c1. The van der Waals surface area contributed by atoms with Gasteiger partial charge in [-0.05, 0) is 48.9 Å². The Morgan fingerprint density at radius 2 is 1.86 bits per heavy atom. The zero-order chi connectivity index (χ0) is 20.1. The molecule has 0 aliphatic carbocycles. The molecule has 0 atom stereocenters. The molecule has 0 aliphatic rings. The maximum Gasteiger partial charge on any atom is 0.337 e. The average molecular weight is 399 g/mol. The molecule has 2 aromatic carbocycles. The number of aryl methyl sites for hydroxylation is 1. The second kappa shape index (κ2) is 8.58. The molecule has 0 bridgehead atoms. The third kappa shape index (κ3) is 4.50. The Morgan fingerprint density at radius 3 is 2.61 bits per heavy atom. The van der Waals surface area contributed by atoms with Crippen molar-refractivity contribution in [1.29, 1.82) is 0 Å². The van der Waals surface area contributed by atoms with Crippen LogP contribution in [0.15, 0.2) is 48.7 Å². The molecule has 0 radical (unpaired) electrons. The standard InChI is InChI=1S/C20H19ClN4O3/c1-12-4-7-17(27-2)16(10-12)24-20-22-9-8-18(25-20)23-15-11-13(19(26)28-3)5-6-14(15)21/h4-11H,1-3H3,(H2,22,23,24,25). The summed E-state index contributed by atoms with van der Waals surface area (Å²) in [7, 11) is 2.93. The molecule has 1 heterocycles. The normalized spacial score (nSPS) is 10.3. The lowest BCUT2D eigenvalue weighted by atomic mass is 10.2. The molecule has 144 valence electrons. The van der Waals surface area contributed by atoms with Gasteiger partial charge in [0, 0.05) is 6.20 Å². The maximum atomic E-state index is 11.7. The van der Waals surface area contributed by atoms with Crippen LogP contribution in [0.1, 0.15) is 15.9 Å². The van der Waals surface area contributed by atoms with E-state index in [2.05, 4.69) is 20.6 Å². The van der Waals surface area contributed by atoms with Crippen molar-refractivity contribution < 1.29 is 14.3 Å². The van der Waals surface area contributed by atoms with Crippen LogP contribution in [0.2, 0.25) is 5.02 Å². The van der Waals surface area contributed by atoms with Crippen LogP contribution in [-0.2, 0) is 4.74 Å². The summed E-state index contributed by atoms with van der Waals surface area (Å²) in [6.45, 7) is 1.99. The highest BCUT2D eigenvalue weighted by Crippen LogP contribution is 2.29. The number of halogens is 1. The first-order valence-electron chi connectivity index (χ1n) is 8.39. The van der Waals surface area contributed by atoms with E-state index in [4.69, 9.17) is 21.1 Å². The lowest BCUT2D eigenvalue weighted by Crippen LogP contribution is -2.04. The molecule has 2 N–H and O–H groups in total. The van der Waals surface area contributed by atoms with Crippen LogP contribution in [-0.4, -0.2) is 30.2 Å². The summed E-state index contributed by atoms with van der Waals surface area (Å²) in [5.41, 5.74) is 2.74. The number of hydrogen-bond acceptors (Lipinski definition) is 7. The van der Waals surface area contributed by atoms with Gasteiger partial charge in [0.05, 0.1) is 36.2 Å². The van der Waals surface area contributed by atoms with Crippen LogP contribution in [0, 0.1) is 6.92 Å². The highest BCUT2D eigenvalue weighted by atomic mass is 35.5. The highest BCUT2D eigenvalue weighted by Gasteiger charge is 2.11. The molecule has 0 spiro atoms. The van der Waals surface area contributed by atoms with Gasteiger partial charge in [0.15, 0.2) is 0 Å². The lowest BCUT2D eigenvalue weighted by molar-refractivity contribution is 0.0601. The van der Waals surface area contributed by atoms with Gasteiger partial charge < -0.3 is 20.1 Å². The first kappa shape index (κ1) is 19.4. The van der Waals surface area contributed by atoms with E-state index >= 15 is 0 Å². The Labute approximate surface area is 167 Å². The first-order chi connectivity index (χ1) is 13.5. The fourth-order valence-corrected chi connectivity index (χ4v) is 2.70. The van der Waals surface area contributed by atoms with E-state index < -0.39 is 5.97 Å². The molecule has 3 rings (SSSR count). The van der Waals surface area contributed by atoms with Crippen molar-refractivity contribution in [3.8, 4) is 5.75 Å². The number of hydrogen-bond donors (Lipinski definition) is 2. The number of anilines is 4. The number of nitrogens with zero attached hydrogens (tertiary/aromatic N) is 2. The van der Waals surface area contributed by atoms with Crippen LogP contribution in [0.5, 0.6) is 5.75 Å². The van der Waals surface area contributed by atoms with Gasteiger partial charge in [-0.15, -0.1) is 0 Å². The number of carbonyl (C=O) groups is 1. The van der Waals surface area contributed by atoms with Gasteiger partial charge >= 0.3 is 5.97 Å². The number of methoxy groups -OCH3 is 2. The van der Waals surface area contributed by atoms with Gasteiger partial charge in [-0.2, -0.15) is 4.98 Å². The zero-order valence-corrected chi connectivity index (χ0v) is 16.4. The van der Waals surface area contributed by atoms with Crippen molar-refractivity contribution >= 4 is 40.7 Å². The predicted molar refractivity (Wildman–Crippen MR) is 109 cm³/mol. The van der Waals surface area contributed by atoms with E-state index in [1.54, 1.807) is 37.6 Å². The minimum atomic E-state index is -0.448. The molecule has 7 nitrogen and oxygen atoms in total. The summed E-state index contributed by atoms with van der Waals surface area (Å²) in [4.78, 5) is 20.4. The van der Waals surface area contributed by atoms with Gasteiger partial charge in [0.25, 0.3) is 0 Å². The van der Waals surface area contributed by atoms with Crippen molar-refractivity contribution in [1.82, 2.24) is 9.97 Å². The second-order valence-corrected chi connectivity index (χ2v) is 6.31. The van der Waals surface area contributed by atoms with E-state index in [9.17, 15) is 4.79 Å². The van der Waals surface area contributed by atoms with Crippen LogP contribution < -0.4 is 15.4 Å². The summed E-state index contributed by atoms with van der Waals surface area (Å²) < 4.78 is 10.1. The number of carbonyl (C=O) groups excluding carboxylic acids is 1. The molecule has 28 heavy (non-hydrogen) atoms. The van der Waals surface area contributed by atoms with E-state index in [-0.39, 0.29) is 0 Å². The van der Waals surface area contributed by atoms with Gasteiger partial charge in [0.1, 0.15) is 11.6 Å². The molecule has 0 saturated heterocycles. The molecule has 0 saturated carbocycles. The molecular formula is C20H19ClN4O3. The molecule has 0 aliphatic heterocycles. The molecule has 0 amide bonds.